The molecular weight excluding hydrogens is 346 g/mol. The third-order valence-corrected chi connectivity index (χ3v) is 5.30. The van der Waals surface area contributed by atoms with Crippen LogP contribution in [-0.4, -0.2) is 43.2 Å². The van der Waals surface area contributed by atoms with Crippen molar-refractivity contribution >= 4 is 11.7 Å². The summed E-state index contributed by atoms with van der Waals surface area (Å²) >= 11 is 0. The predicted molar refractivity (Wildman–Crippen MR) is 101 cm³/mol. The zero-order valence-electron chi connectivity index (χ0n) is 15.8. The lowest BCUT2D eigenvalue weighted by Gasteiger charge is -2.24. The van der Waals surface area contributed by atoms with Gasteiger partial charge in [-0.25, -0.2) is 4.98 Å². The molecule has 27 heavy (non-hydrogen) atoms. The van der Waals surface area contributed by atoms with Gasteiger partial charge in [-0.3, -0.25) is 14.7 Å². The number of benzene rings is 1. The maximum absolute atomic E-state index is 12.6. The monoisotopic (exact) mass is 369 g/mol. The molecule has 1 amide bonds. The van der Waals surface area contributed by atoms with Crippen molar-refractivity contribution in [2.45, 2.75) is 38.1 Å². The number of aromatic nitrogens is 2. The molecule has 2 heterocycles. The van der Waals surface area contributed by atoms with Gasteiger partial charge in [0.25, 0.3) is 0 Å². The van der Waals surface area contributed by atoms with Crippen LogP contribution < -0.4 is 19.1 Å². The highest BCUT2D eigenvalue weighted by Gasteiger charge is 2.37. The van der Waals surface area contributed by atoms with Crippen LogP contribution in [0.5, 0.6) is 17.2 Å². The minimum Gasteiger partial charge on any atom is -0.496 e. The lowest BCUT2D eigenvalue weighted by molar-refractivity contribution is -0.117. The van der Waals surface area contributed by atoms with Crippen molar-refractivity contribution in [3.05, 3.63) is 24.0 Å². The van der Waals surface area contributed by atoms with Gasteiger partial charge in [-0.2, -0.15) is 0 Å². The molecule has 142 valence electrons. The molecule has 0 N–H and O–H groups in total. The van der Waals surface area contributed by atoms with E-state index in [4.69, 9.17) is 19.2 Å². The molecule has 0 radical (unpaired) electrons. The smallest absolute Gasteiger partial charge is 0.234 e. The van der Waals surface area contributed by atoms with Crippen LogP contribution in [0.15, 0.2) is 18.3 Å². The Morgan fingerprint density at radius 3 is 2.30 bits per heavy atom. The molecule has 0 spiro atoms. The molecule has 0 atom stereocenters. The number of rotatable bonds is 5. The second-order valence-corrected chi connectivity index (χ2v) is 6.81. The fourth-order valence-corrected chi connectivity index (χ4v) is 3.99. The van der Waals surface area contributed by atoms with E-state index in [2.05, 4.69) is 4.98 Å². The zero-order valence-corrected chi connectivity index (χ0v) is 15.8. The third-order valence-electron chi connectivity index (χ3n) is 5.30. The molecular formula is C20H23N3O4. The molecule has 1 aromatic carbocycles. The van der Waals surface area contributed by atoms with Crippen molar-refractivity contribution < 1.29 is 19.0 Å². The molecule has 0 bridgehead atoms. The first kappa shape index (κ1) is 17.6. The largest absolute Gasteiger partial charge is 0.496 e. The minimum atomic E-state index is 0.0858. The second kappa shape index (κ2) is 7.06. The van der Waals surface area contributed by atoms with Crippen LogP contribution in [0.3, 0.4) is 0 Å². The van der Waals surface area contributed by atoms with Gasteiger partial charge in [0.15, 0.2) is 5.82 Å². The Balaban J connectivity index is 1.82. The number of nitrogens with zero attached hydrogens (tertiary/aromatic N) is 3. The number of amides is 1. The minimum absolute atomic E-state index is 0.0858. The number of anilines is 1. The standard InChI is InChI=1S/C20H23N3O4/c1-25-13-8-16(26-2)19(17(9-13)27-3)15-11-21-14-10-18(24)23(20(14)22-15)12-6-4-5-7-12/h8-9,11-12H,4-7,10H2,1-3H3. The Labute approximate surface area is 158 Å². The number of carbonyl (C=O) groups excluding carboxylic acids is 1. The summed E-state index contributed by atoms with van der Waals surface area (Å²) in [6, 6.07) is 3.79. The lowest BCUT2D eigenvalue weighted by atomic mass is 10.1. The van der Waals surface area contributed by atoms with Crippen LogP contribution in [0.2, 0.25) is 0 Å². The highest BCUT2D eigenvalue weighted by atomic mass is 16.5. The van der Waals surface area contributed by atoms with E-state index < -0.39 is 0 Å². The van der Waals surface area contributed by atoms with Crippen molar-refractivity contribution in [2.24, 2.45) is 0 Å². The number of hydrogen-bond donors (Lipinski definition) is 0. The number of hydrogen-bond acceptors (Lipinski definition) is 6. The van der Waals surface area contributed by atoms with Crippen LogP contribution in [0, 0.1) is 0 Å². The summed E-state index contributed by atoms with van der Waals surface area (Å²) in [7, 11) is 4.77. The summed E-state index contributed by atoms with van der Waals surface area (Å²) in [5, 5.41) is 0. The van der Waals surface area contributed by atoms with Crippen LogP contribution in [0.4, 0.5) is 5.82 Å². The van der Waals surface area contributed by atoms with Gasteiger partial charge < -0.3 is 14.2 Å². The van der Waals surface area contributed by atoms with E-state index in [9.17, 15) is 4.79 Å². The third kappa shape index (κ3) is 2.97. The maximum Gasteiger partial charge on any atom is 0.234 e. The fraction of sp³-hybridized carbons (Fsp3) is 0.450. The average Bonchev–Trinajstić information content (AvgIpc) is 3.32. The van der Waals surface area contributed by atoms with Gasteiger partial charge in [-0.05, 0) is 12.8 Å². The number of ether oxygens (including phenoxy) is 3. The summed E-state index contributed by atoms with van der Waals surface area (Å²) in [4.78, 5) is 23.8. The maximum atomic E-state index is 12.6. The fourth-order valence-electron chi connectivity index (χ4n) is 3.99. The van der Waals surface area contributed by atoms with Crippen molar-refractivity contribution in [2.75, 3.05) is 26.2 Å². The predicted octanol–water partition coefficient (Wildman–Crippen LogP) is 3.00. The van der Waals surface area contributed by atoms with Gasteiger partial charge in [-0.15, -0.1) is 0 Å². The molecule has 1 fully saturated rings. The van der Waals surface area contributed by atoms with E-state index in [-0.39, 0.29) is 11.9 Å². The van der Waals surface area contributed by atoms with Crippen LogP contribution in [0.1, 0.15) is 31.4 Å². The van der Waals surface area contributed by atoms with Crippen molar-refractivity contribution in [1.82, 2.24) is 9.97 Å². The zero-order chi connectivity index (χ0) is 19.0. The Bertz CT molecular complexity index is 853. The quantitative estimate of drug-likeness (QED) is 0.807. The number of fused-ring (bicyclic) bond motifs is 1. The highest BCUT2D eigenvalue weighted by molar-refractivity contribution is 6.00. The van der Waals surface area contributed by atoms with E-state index in [1.807, 2.05) is 4.90 Å². The molecule has 0 saturated heterocycles. The molecule has 4 rings (SSSR count). The first-order valence-electron chi connectivity index (χ1n) is 9.14. The van der Waals surface area contributed by atoms with E-state index in [1.54, 1.807) is 39.7 Å². The average molecular weight is 369 g/mol. The van der Waals surface area contributed by atoms with Gasteiger partial charge in [0.1, 0.15) is 17.2 Å². The SMILES string of the molecule is COc1cc(OC)c(-c2cnc3c(n2)N(C2CCCC2)C(=O)C3)c(OC)c1. The van der Waals surface area contributed by atoms with Crippen molar-refractivity contribution in [3.8, 4) is 28.5 Å². The van der Waals surface area contributed by atoms with Crippen LogP contribution >= 0.6 is 0 Å². The van der Waals surface area contributed by atoms with E-state index >= 15 is 0 Å². The van der Waals surface area contributed by atoms with Gasteiger partial charge in [0.2, 0.25) is 5.91 Å². The first-order chi connectivity index (χ1) is 13.2. The topological polar surface area (TPSA) is 73.8 Å². The molecule has 1 saturated carbocycles. The molecule has 1 aliphatic heterocycles. The van der Waals surface area contributed by atoms with Gasteiger partial charge in [-0.1, -0.05) is 12.8 Å². The Morgan fingerprint density at radius 1 is 1.04 bits per heavy atom. The molecule has 2 aromatic rings. The molecule has 1 aliphatic carbocycles. The summed E-state index contributed by atoms with van der Waals surface area (Å²) in [5.74, 6) is 2.55. The van der Waals surface area contributed by atoms with Crippen LogP contribution in [0.25, 0.3) is 11.3 Å². The van der Waals surface area contributed by atoms with Gasteiger partial charge in [0.05, 0.1) is 50.9 Å². The number of carbonyl (C=O) groups is 1. The van der Waals surface area contributed by atoms with E-state index in [0.717, 1.165) is 31.4 Å². The summed E-state index contributed by atoms with van der Waals surface area (Å²) < 4.78 is 16.4. The second-order valence-electron chi connectivity index (χ2n) is 6.81. The Kier molecular flexibility index (Phi) is 4.59. The van der Waals surface area contributed by atoms with Gasteiger partial charge >= 0.3 is 0 Å². The first-order valence-corrected chi connectivity index (χ1v) is 9.14. The highest BCUT2D eigenvalue weighted by Crippen LogP contribution is 2.42. The molecule has 0 unspecified atom stereocenters. The van der Waals surface area contributed by atoms with Crippen molar-refractivity contribution in [1.29, 1.82) is 0 Å². The Morgan fingerprint density at radius 2 is 1.70 bits per heavy atom. The van der Waals surface area contributed by atoms with E-state index in [1.165, 1.54) is 0 Å². The molecule has 2 aliphatic rings. The summed E-state index contributed by atoms with van der Waals surface area (Å²) in [6.45, 7) is 0. The number of methoxy groups -OCH3 is 3. The lowest BCUT2D eigenvalue weighted by Crippen LogP contribution is -2.36. The normalized spacial score (nSPS) is 16.6. The molecule has 7 nitrogen and oxygen atoms in total. The molecule has 1 aromatic heterocycles. The van der Waals surface area contributed by atoms with E-state index in [0.29, 0.717) is 40.7 Å². The summed E-state index contributed by atoms with van der Waals surface area (Å²) in [5.41, 5.74) is 2.05. The Hall–Kier alpha value is -2.83. The van der Waals surface area contributed by atoms with Gasteiger partial charge in [0, 0.05) is 18.2 Å². The molecule has 7 heteroatoms. The van der Waals surface area contributed by atoms with Crippen LogP contribution in [-0.2, 0) is 11.2 Å². The summed E-state index contributed by atoms with van der Waals surface area (Å²) in [6.07, 6.45) is 6.33. The van der Waals surface area contributed by atoms with Crippen molar-refractivity contribution in [3.63, 3.8) is 0 Å².